The maximum absolute atomic E-state index is 13.6. The molecule has 4 heteroatoms. The molecule has 3 N–H and O–H groups in total. The summed E-state index contributed by atoms with van der Waals surface area (Å²) in [5, 5.41) is 3.32. The summed E-state index contributed by atoms with van der Waals surface area (Å²) >= 11 is 0. The number of benzene rings is 2. The van der Waals surface area contributed by atoms with Crippen LogP contribution in [0.4, 0.5) is 4.39 Å². The van der Waals surface area contributed by atoms with Crippen LogP contribution in [0.25, 0.3) is 0 Å². The largest absolute Gasteiger partial charge is 0.366 e. The molecule has 0 bridgehead atoms. The minimum Gasteiger partial charge on any atom is -0.366 e. The van der Waals surface area contributed by atoms with Crippen LogP contribution in [-0.4, -0.2) is 11.9 Å². The van der Waals surface area contributed by atoms with E-state index < -0.39 is 5.91 Å². The Morgan fingerprint density at radius 2 is 2.00 bits per heavy atom. The molecule has 3 nitrogen and oxygen atoms in total. The zero-order chi connectivity index (χ0) is 15.2. The van der Waals surface area contributed by atoms with Crippen molar-refractivity contribution in [3.05, 3.63) is 71.0 Å². The Morgan fingerprint density at radius 3 is 2.71 bits per heavy atom. The highest BCUT2D eigenvalue weighted by Gasteiger charge is 2.07. The summed E-state index contributed by atoms with van der Waals surface area (Å²) in [6.07, 6.45) is 0.613. The van der Waals surface area contributed by atoms with Gasteiger partial charge in [-0.3, -0.25) is 4.79 Å². The van der Waals surface area contributed by atoms with Crippen molar-refractivity contribution in [3.63, 3.8) is 0 Å². The molecule has 2 aromatic carbocycles. The minimum absolute atomic E-state index is 0.124. The lowest BCUT2D eigenvalue weighted by Crippen LogP contribution is -2.28. The Bertz CT molecular complexity index is 628. The summed E-state index contributed by atoms with van der Waals surface area (Å²) < 4.78 is 13.6. The van der Waals surface area contributed by atoms with Crippen LogP contribution in [0.2, 0.25) is 0 Å². The molecular weight excluding hydrogens is 267 g/mol. The van der Waals surface area contributed by atoms with Gasteiger partial charge in [-0.2, -0.15) is 0 Å². The van der Waals surface area contributed by atoms with E-state index in [0.29, 0.717) is 24.1 Å². The molecule has 0 aliphatic rings. The van der Waals surface area contributed by atoms with Gasteiger partial charge in [-0.15, -0.1) is 0 Å². The highest BCUT2D eigenvalue weighted by Crippen LogP contribution is 2.10. The van der Waals surface area contributed by atoms with Gasteiger partial charge in [0.1, 0.15) is 5.82 Å². The summed E-state index contributed by atoms with van der Waals surface area (Å²) in [4.78, 5) is 11.1. The Balaban J connectivity index is 1.92. The summed E-state index contributed by atoms with van der Waals surface area (Å²) in [6.45, 7) is 2.61. The molecule has 0 heterocycles. The van der Waals surface area contributed by atoms with Crippen molar-refractivity contribution < 1.29 is 9.18 Å². The monoisotopic (exact) mass is 286 g/mol. The predicted octanol–water partition coefficient (Wildman–Crippen LogP) is 2.65. The Labute approximate surface area is 124 Å². The van der Waals surface area contributed by atoms with Crippen LogP contribution < -0.4 is 11.1 Å². The fraction of sp³-hybridized carbons (Fsp3) is 0.235. The third-order valence-corrected chi connectivity index (χ3v) is 3.35. The standard InChI is InChI=1S/C17H19FN2O/c1-12(9-14-6-2-3-8-16(14)18)20-11-13-5-4-7-15(10-13)17(19)21/h2-8,10,12,20H,9,11H2,1H3,(H2,19,21). The Kier molecular flexibility index (Phi) is 5.06. The van der Waals surface area contributed by atoms with Crippen molar-refractivity contribution in [1.29, 1.82) is 0 Å². The average Bonchev–Trinajstić information content (AvgIpc) is 2.48. The number of amides is 1. The number of nitrogens with two attached hydrogens (primary N) is 1. The zero-order valence-electron chi connectivity index (χ0n) is 12.0. The first-order valence-electron chi connectivity index (χ1n) is 6.92. The van der Waals surface area contributed by atoms with E-state index in [-0.39, 0.29) is 11.9 Å². The molecule has 110 valence electrons. The van der Waals surface area contributed by atoms with Crippen molar-refractivity contribution in [2.24, 2.45) is 5.73 Å². The van der Waals surface area contributed by atoms with Gasteiger partial charge in [0.05, 0.1) is 0 Å². The third kappa shape index (κ3) is 4.39. The molecule has 2 aromatic rings. The van der Waals surface area contributed by atoms with Gasteiger partial charge in [0.25, 0.3) is 0 Å². The van der Waals surface area contributed by atoms with Crippen LogP contribution in [0.5, 0.6) is 0 Å². The quantitative estimate of drug-likeness (QED) is 0.857. The number of carbonyl (C=O) groups is 1. The molecule has 0 aliphatic heterocycles. The van der Waals surface area contributed by atoms with Crippen LogP contribution in [-0.2, 0) is 13.0 Å². The van der Waals surface area contributed by atoms with E-state index >= 15 is 0 Å². The molecule has 1 atom stereocenters. The highest BCUT2D eigenvalue weighted by atomic mass is 19.1. The number of primary amides is 1. The lowest BCUT2D eigenvalue weighted by atomic mass is 10.1. The lowest BCUT2D eigenvalue weighted by Gasteiger charge is -2.14. The maximum atomic E-state index is 13.6. The van der Waals surface area contributed by atoms with Gasteiger partial charge in [0, 0.05) is 18.2 Å². The number of hydrogen-bond acceptors (Lipinski definition) is 2. The number of carbonyl (C=O) groups excluding carboxylic acids is 1. The normalized spacial score (nSPS) is 12.1. The molecule has 0 radical (unpaired) electrons. The average molecular weight is 286 g/mol. The topological polar surface area (TPSA) is 55.1 Å². The maximum Gasteiger partial charge on any atom is 0.248 e. The van der Waals surface area contributed by atoms with Gasteiger partial charge in [-0.25, -0.2) is 4.39 Å². The molecule has 2 rings (SSSR count). The summed E-state index contributed by atoms with van der Waals surface area (Å²) in [5.41, 5.74) is 7.43. The first-order valence-corrected chi connectivity index (χ1v) is 6.92. The van der Waals surface area contributed by atoms with Crippen molar-refractivity contribution in [3.8, 4) is 0 Å². The van der Waals surface area contributed by atoms with E-state index in [4.69, 9.17) is 5.73 Å². The van der Waals surface area contributed by atoms with Crippen molar-refractivity contribution in [1.82, 2.24) is 5.32 Å². The van der Waals surface area contributed by atoms with Gasteiger partial charge >= 0.3 is 0 Å². The molecule has 1 amide bonds. The highest BCUT2D eigenvalue weighted by molar-refractivity contribution is 5.92. The number of hydrogen-bond donors (Lipinski definition) is 2. The van der Waals surface area contributed by atoms with E-state index in [9.17, 15) is 9.18 Å². The van der Waals surface area contributed by atoms with E-state index in [1.807, 2.05) is 19.1 Å². The van der Waals surface area contributed by atoms with Crippen LogP contribution in [0.15, 0.2) is 48.5 Å². The van der Waals surface area contributed by atoms with Gasteiger partial charge < -0.3 is 11.1 Å². The van der Waals surface area contributed by atoms with E-state index in [1.54, 1.807) is 30.3 Å². The smallest absolute Gasteiger partial charge is 0.248 e. The number of rotatable bonds is 6. The zero-order valence-corrected chi connectivity index (χ0v) is 12.0. The van der Waals surface area contributed by atoms with E-state index in [1.165, 1.54) is 6.07 Å². The second kappa shape index (κ2) is 6.99. The first-order chi connectivity index (χ1) is 10.1. The Hall–Kier alpha value is -2.20. The number of nitrogens with one attached hydrogen (secondary N) is 1. The lowest BCUT2D eigenvalue weighted by molar-refractivity contribution is 0.1000. The van der Waals surface area contributed by atoms with Crippen LogP contribution >= 0.6 is 0 Å². The van der Waals surface area contributed by atoms with E-state index in [0.717, 1.165) is 5.56 Å². The molecule has 0 spiro atoms. The molecule has 0 saturated heterocycles. The van der Waals surface area contributed by atoms with Crippen LogP contribution in [0.3, 0.4) is 0 Å². The minimum atomic E-state index is -0.434. The van der Waals surface area contributed by atoms with Crippen molar-refractivity contribution >= 4 is 5.91 Å². The second-order valence-electron chi connectivity index (χ2n) is 5.14. The molecule has 0 aromatic heterocycles. The third-order valence-electron chi connectivity index (χ3n) is 3.35. The van der Waals surface area contributed by atoms with Crippen molar-refractivity contribution in [2.45, 2.75) is 25.9 Å². The molecule has 21 heavy (non-hydrogen) atoms. The van der Waals surface area contributed by atoms with Crippen LogP contribution in [0.1, 0.15) is 28.4 Å². The first kappa shape index (κ1) is 15.2. The summed E-state index contributed by atoms with van der Waals surface area (Å²) in [7, 11) is 0. The van der Waals surface area contributed by atoms with Gasteiger partial charge in [-0.05, 0) is 42.7 Å². The fourth-order valence-corrected chi connectivity index (χ4v) is 2.19. The molecule has 0 aliphatic carbocycles. The summed E-state index contributed by atoms with van der Waals surface area (Å²) in [6, 6.07) is 14.1. The van der Waals surface area contributed by atoms with E-state index in [2.05, 4.69) is 5.32 Å². The predicted molar refractivity (Wildman–Crippen MR) is 81.4 cm³/mol. The SMILES string of the molecule is CC(Cc1ccccc1F)NCc1cccc(C(N)=O)c1. The fourth-order valence-electron chi connectivity index (χ4n) is 2.19. The van der Waals surface area contributed by atoms with Gasteiger partial charge in [0.2, 0.25) is 5.91 Å². The molecule has 0 saturated carbocycles. The van der Waals surface area contributed by atoms with Gasteiger partial charge in [-0.1, -0.05) is 30.3 Å². The van der Waals surface area contributed by atoms with Gasteiger partial charge in [0.15, 0.2) is 0 Å². The molecule has 0 fully saturated rings. The second-order valence-corrected chi connectivity index (χ2v) is 5.14. The van der Waals surface area contributed by atoms with Crippen molar-refractivity contribution in [2.75, 3.05) is 0 Å². The molecule has 1 unspecified atom stereocenters. The number of halogens is 1. The van der Waals surface area contributed by atoms with Crippen LogP contribution in [0, 0.1) is 5.82 Å². The molecular formula is C17H19FN2O. The summed E-state index contributed by atoms with van der Waals surface area (Å²) in [5.74, 6) is -0.613. The Morgan fingerprint density at radius 1 is 1.24 bits per heavy atom.